The van der Waals surface area contributed by atoms with Crippen LogP contribution in [-0.4, -0.2) is 9.97 Å². The van der Waals surface area contributed by atoms with Crippen LogP contribution in [0.2, 0.25) is 0 Å². The molecule has 0 spiro atoms. The number of rotatable bonds is 1. The van der Waals surface area contributed by atoms with Crippen molar-refractivity contribution in [2.24, 2.45) is 0 Å². The smallest absolute Gasteiger partial charge is 0.160 e. The lowest BCUT2D eigenvalue weighted by Gasteiger charge is -2.08. The summed E-state index contributed by atoms with van der Waals surface area (Å²) in [6.07, 6.45) is 0. The molecule has 1 aromatic heterocycles. The fourth-order valence-corrected chi connectivity index (χ4v) is 3.51. The van der Waals surface area contributed by atoms with Crippen molar-refractivity contribution in [2.45, 2.75) is 6.92 Å². The van der Waals surface area contributed by atoms with Crippen molar-refractivity contribution in [1.82, 2.24) is 9.97 Å². The summed E-state index contributed by atoms with van der Waals surface area (Å²) >= 11 is 0. The van der Waals surface area contributed by atoms with Crippen molar-refractivity contribution in [3.8, 4) is 11.4 Å². The van der Waals surface area contributed by atoms with Gasteiger partial charge in [0.05, 0.1) is 5.52 Å². The van der Waals surface area contributed by atoms with E-state index in [2.05, 4.69) is 60.7 Å². The average molecular weight is 320 g/mol. The second kappa shape index (κ2) is 5.38. The minimum atomic E-state index is 0.783. The zero-order chi connectivity index (χ0) is 16.8. The molecule has 0 amide bonds. The molecule has 0 unspecified atom stereocenters. The molecule has 2 heteroatoms. The van der Waals surface area contributed by atoms with E-state index < -0.39 is 0 Å². The zero-order valence-corrected chi connectivity index (χ0v) is 13.9. The van der Waals surface area contributed by atoms with Gasteiger partial charge in [-0.05, 0) is 40.6 Å². The van der Waals surface area contributed by atoms with Crippen LogP contribution in [0.3, 0.4) is 0 Å². The molecule has 0 fully saturated rings. The van der Waals surface area contributed by atoms with Crippen molar-refractivity contribution < 1.29 is 0 Å². The standard InChI is InChI=1S/C23H16N2/c1-15-19-7-4-5-9-22(19)25-23(24-15)18-13-12-17-11-10-16-6-2-3-8-20(16)21(17)14-18/h2-14H,1H3. The molecule has 0 atom stereocenters. The largest absolute Gasteiger partial charge is 0.233 e. The summed E-state index contributed by atoms with van der Waals surface area (Å²) in [5.74, 6) is 0.783. The lowest BCUT2D eigenvalue weighted by molar-refractivity contribution is 1.16. The van der Waals surface area contributed by atoms with Gasteiger partial charge in [-0.25, -0.2) is 9.97 Å². The molecule has 5 rings (SSSR count). The minimum absolute atomic E-state index is 0.783. The Morgan fingerprint density at radius 1 is 0.600 bits per heavy atom. The number of aromatic nitrogens is 2. The third-order valence-corrected chi connectivity index (χ3v) is 4.80. The van der Waals surface area contributed by atoms with E-state index in [4.69, 9.17) is 9.97 Å². The number of benzene rings is 4. The molecule has 118 valence electrons. The molecular weight excluding hydrogens is 304 g/mol. The summed E-state index contributed by atoms with van der Waals surface area (Å²) in [5, 5.41) is 6.10. The van der Waals surface area contributed by atoms with E-state index in [-0.39, 0.29) is 0 Å². The lowest BCUT2D eigenvalue weighted by Crippen LogP contribution is -1.94. The van der Waals surface area contributed by atoms with Crippen LogP contribution in [0, 0.1) is 6.92 Å². The maximum absolute atomic E-state index is 4.78. The number of fused-ring (bicyclic) bond motifs is 4. The molecule has 0 aliphatic heterocycles. The van der Waals surface area contributed by atoms with Crippen molar-refractivity contribution in [3.63, 3.8) is 0 Å². The third kappa shape index (κ3) is 2.26. The van der Waals surface area contributed by atoms with Crippen molar-refractivity contribution in [3.05, 3.63) is 84.6 Å². The highest BCUT2D eigenvalue weighted by molar-refractivity contribution is 6.08. The van der Waals surface area contributed by atoms with E-state index in [0.29, 0.717) is 0 Å². The van der Waals surface area contributed by atoms with Gasteiger partial charge in [0.25, 0.3) is 0 Å². The summed E-state index contributed by atoms with van der Waals surface area (Å²) in [7, 11) is 0. The Morgan fingerprint density at radius 2 is 1.28 bits per heavy atom. The summed E-state index contributed by atoms with van der Waals surface area (Å²) in [5.41, 5.74) is 3.05. The summed E-state index contributed by atoms with van der Waals surface area (Å²) in [6, 6.07) is 27.5. The Labute approximate surface area is 145 Å². The zero-order valence-electron chi connectivity index (χ0n) is 13.9. The summed E-state index contributed by atoms with van der Waals surface area (Å²) < 4.78 is 0. The van der Waals surface area contributed by atoms with Gasteiger partial charge in [-0.3, -0.25) is 0 Å². The average Bonchev–Trinajstić information content (AvgIpc) is 2.67. The van der Waals surface area contributed by atoms with Gasteiger partial charge < -0.3 is 0 Å². The fraction of sp³-hybridized carbons (Fsp3) is 0.0435. The first-order chi connectivity index (χ1) is 12.3. The summed E-state index contributed by atoms with van der Waals surface area (Å²) in [4.78, 5) is 9.53. The molecule has 0 aliphatic rings. The van der Waals surface area contributed by atoms with Crippen LogP contribution in [0.1, 0.15) is 5.69 Å². The Morgan fingerprint density at radius 3 is 2.16 bits per heavy atom. The van der Waals surface area contributed by atoms with Crippen LogP contribution in [-0.2, 0) is 0 Å². The Kier molecular flexibility index (Phi) is 3.04. The molecule has 1 heterocycles. The third-order valence-electron chi connectivity index (χ3n) is 4.80. The number of para-hydroxylation sites is 1. The molecule has 2 nitrogen and oxygen atoms in total. The maximum Gasteiger partial charge on any atom is 0.160 e. The van der Waals surface area contributed by atoms with Crippen LogP contribution >= 0.6 is 0 Å². The van der Waals surface area contributed by atoms with Gasteiger partial charge in [0.2, 0.25) is 0 Å². The molecular formula is C23H16N2. The van der Waals surface area contributed by atoms with E-state index in [1.165, 1.54) is 21.5 Å². The molecule has 4 aromatic carbocycles. The Hall–Kier alpha value is -3.26. The molecule has 0 N–H and O–H groups in total. The van der Waals surface area contributed by atoms with Gasteiger partial charge >= 0.3 is 0 Å². The van der Waals surface area contributed by atoms with Crippen LogP contribution in [0.15, 0.2) is 78.9 Å². The number of nitrogens with zero attached hydrogens (tertiary/aromatic N) is 2. The van der Waals surface area contributed by atoms with Crippen LogP contribution < -0.4 is 0 Å². The van der Waals surface area contributed by atoms with Crippen LogP contribution in [0.5, 0.6) is 0 Å². The highest BCUT2D eigenvalue weighted by Crippen LogP contribution is 2.29. The van der Waals surface area contributed by atoms with E-state index in [1.807, 2.05) is 25.1 Å². The van der Waals surface area contributed by atoms with Gasteiger partial charge in [0.1, 0.15) is 0 Å². The number of hydrogen-bond acceptors (Lipinski definition) is 2. The molecule has 5 aromatic rings. The molecule has 0 saturated heterocycles. The number of aryl methyl sites for hydroxylation is 1. The first kappa shape index (κ1) is 14.1. The summed E-state index contributed by atoms with van der Waals surface area (Å²) in [6.45, 7) is 2.05. The van der Waals surface area contributed by atoms with E-state index in [1.54, 1.807) is 0 Å². The van der Waals surface area contributed by atoms with Gasteiger partial charge in [0, 0.05) is 16.6 Å². The van der Waals surface area contributed by atoms with Gasteiger partial charge in [0.15, 0.2) is 5.82 Å². The lowest BCUT2D eigenvalue weighted by atomic mass is 10.00. The van der Waals surface area contributed by atoms with E-state index >= 15 is 0 Å². The SMILES string of the molecule is Cc1nc(-c2ccc3ccc4ccccc4c3c2)nc2ccccc12. The molecule has 0 saturated carbocycles. The highest BCUT2D eigenvalue weighted by Gasteiger charge is 2.08. The molecule has 0 bridgehead atoms. The van der Waals surface area contributed by atoms with Crippen molar-refractivity contribution >= 4 is 32.4 Å². The van der Waals surface area contributed by atoms with Crippen molar-refractivity contribution in [2.75, 3.05) is 0 Å². The predicted molar refractivity (Wildman–Crippen MR) is 105 cm³/mol. The fourth-order valence-electron chi connectivity index (χ4n) is 3.51. The Bertz CT molecular complexity index is 1260. The first-order valence-corrected chi connectivity index (χ1v) is 8.45. The number of hydrogen-bond donors (Lipinski definition) is 0. The molecule has 0 aliphatic carbocycles. The van der Waals surface area contributed by atoms with Crippen LogP contribution in [0.4, 0.5) is 0 Å². The second-order valence-electron chi connectivity index (χ2n) is 6.37. The Balaban J connectivity index is 1.79. The van der Waals surface area contributed by atoms with E-state index in [9.17, 15) is 0 Å². The minimum Gasteiger partial charge on any atom is -0.233 e. The molecule has 25 heavy (non-hydrogen) atoms. The second-order valence-corrected chi connectivity index (χ2v) is 6.37. The van der Waals surface area contributed by atoms with Crippen molar-refractivity contribution in [1.29, 1.82) is 0 Å². The monoisotopic (exact) mass is 320 g/mol. The van der Waals surface area contributed by atoms with E-state index in [0.717, 1.165) is 28.0 Å². The predicted octanol–water partition coefficient (Wildman–Crippen LogP) is 5.91. The van der Waals surface area contributed by atoms with Crippen LogP contribution in [0.25, 0.3) is 43.8 Å². The highest BCUT2D eigenvalue weighted by atomic mass is 14.9. The maximum atomic E-state index is 4.78. The van der Waals surface area contributed by atoms with Gasteiger partial charge in [-0.15, -0.1) is 0 Å². The first-order valence-electron chi connectivity index (χ1n) is 8.45. The quantitative estimate of drug-likeness (QED) is 0.359. The topological polar surface area (TPSA) is 25.8 Å². The van der Waals surface area contributed by atoms with Gasteiger partial charge in [-0.1, -0.05) is 66.7 Å². The normalized spacial score (nSPS) is 11.4. The molecule has 0 radical (unpaired) electrons. The van der Waals surface area contributed by atoms with Gasteiger partial charge in [-0.2, -0.15) is 0 Å².